The summed E-state index contributed by atoms with van der Waals surface area (Å²) in [4.78, 5) is 14.2. The van der Waals surface area contributed by atoms with Crippen LogP contribution in [0.15, 0.2) is 18.2 Å². The van der Waals surface area contributed by atoms with Crippen molar-refractivity contribution in [3.8, 4) is 0 Å². The Balaban J connectivity index is 1.69. The summed E-state index contributed by atoms with van der Waals surface area (Å²) in [6.07, 6.45) is 2.08. The van der Waals surface area contributed by atoms with Crippen LogP contribution in [0.1, 0.15) is 18.4 Å². The molecule has 0 aliphatic carbocycles. The van der Waals surface area contributed by atoms with E-state index in [1.54, 1.807) is 17.8 Å². The van der Waals surface area contributed by atoms with Crippen molar-refractivity contribution in [2.75, 3.05) is 25.9 Å². The van der Waals surface area contributed by atoms with Gasteiger partial charge in [0.05, 0.1) is 5.75 Å². The number of rotatable bonds is 5. The van der Waals surface area contributed by atoms with Gasteiger partial charge < -0.3 is 10.2 Å². The molecule has 1 N–H and O–H groups in total. The van der Waals surface area contributed by atoms with Crippen molar-refractivity contribution < 1.29 is 4.79 Å². The summed E-state index contributed by atoms with van der Waals surface area (Å²) in [5, 5.41) is 4.40. The Morgan fingerprint density at radius 3 is 2.76 bits per heavy atom. The van der Waals surface area contributed by atoms with E-state index in [2.05, 4.69) is 17.3 Å². The van der Waals surface area contributed by atoms with Gasteiger partial charge in [0.2, 0.25) is 5.91 Å². The molecule has 116 valence electrons. The number of nitrogens with one attached hydrogen (secondary N) is 1. The van der Waals surface area contributed by atoms with Gasteiger partial charge >= 0.3 is 0 Å². The van der Waals surface area contributed by atoms with Crippen LogP contribution in [0.5, 0.6) is 0 Å². The molecular weight excluding hydrogens is 327 g/mol. The number of amides is 1. The molecule has 1 fully saturated rings. The first-order valence-corrected chi connectivity index (χ1v) is 8.95. The minimum absolute atomic E-state index is 0.111. The van der Waals surface area contributed by atoms with E-state index < -0.39 is 0 Å². The van der Waals surface area contributed by atoms with Gasteiger partial charge in [-0.25, -0.2) is 0 Å². The zero-order chi connectivity index (χ0) is 15.2. The minimum Gasteiger partial charge on any atom is -0.353 e. The van der Waals surface area contributed by atoms with E-state index in [1.807, 2.05) is 12.1 Å². The highest BCUT2D eigenvalue weighted by Gasteiger charge is 2.18. The number of likely N-dealkylation sites (tertiary alicyclic amines) is 1. The highest BCUT2D eigenvalue weighted by molar-refractivity contribution is 7.99. The van der Waals surface area contributed by atoms with Crippen LogP contribution in [0.4, 0.5) is 0 Å². The second kappa shape index (κ2) is 8.28. The zero-order valence-electron chi connectivity index (χ0n) is 12.1. The van der Waals surface area contributed by atoms with E-state index in [0.29, 0.717) is 21.8 Å². The topological polar surface area (TPSA) is 32.3 Å². The molecule has 1 aliphatic rings. The lowest BCUT2D eigenvalue weighted by Gasteiger charge is -2.29. The van der Waals surface area contributed by atoms with Crippen molar-refractivity contribution in [2.45, 2.75) is 24.6 Å². The van der Waals surface area contributed by atoms with Crippen LogP contribution in [-0.2, 0) is 10.5 Å². The molecule has 1 heterocycles. The summed E-state index contributed by atoms with van der Waals surface area (Å²) in [6.45, 7) is 2.11. The average Bonchev–Trinajstić information content (AvgIpc) is 2.44. The number of thioether (sulfide) groups is 1. The normalized spacial score (nSPS) is 16.9. The number of nitrogens with zero attached hydrogens (tertiary/aromatic N) is 1. The van der Waals surface area contributed by atoms with Gasteiger partial charge in [-0.2, -0.15) is 0 Å². The van der Waals surface area contributed by atoms with Crippen LogP contribution >= 0.6 is 35.0 Å². The molecule has 3 nitrogen and oxygen atoms in total. The monoisotopic (exact) mass is 346 g/mol. The molecule has 0 atom stereocenters. The summed E-state index contributed by atoms with van der Waals surface area (Å²) in [5.41, 5.74) is 1.01. The number of carbonyl (C=O) groups excluding carboxylic acids is 1. The number of hydrogen-bond donors (Lipinski definition) is 1. The first-order valence-electron chi connectivity index (χ1n) is 7.04. The van der Waals surface area contributed by atoms with Crippen molar-refractivity contribution >= 4 is 40.9 Å². The average molecular weight is 347 g/mol. The largest absolute Gasteiger partial charge is 0.353 e. The van der Waals surface area contributed by atoms with E-state index in [0.717, 1.165) is 37.2 Å². The maximum Gasteiger partial charge on any atom is 0.230 e. The molecule has 0 radical (unpaired) electrons. The second-order valence-corrected chi connectivity index (χ2v) is 7.20. The van der Waals surface area contributed by atoms with Crippen molar-refractivity contribution in [1.29, 1.82) is 0 Å². The molecular formula is C15H20Cl2N2OS. The first-order chi connectivity index (χ1) is 10.0. The predicted octanol–water partition coefficient (Wildman–Crippen LogP) is 3.44. The van der Waals surface area contributed by atoms with Gasteiger partial charge in [0.1, 0.15) is 0 Å². The Bertz CT molecular complexity index is 491. The fraction of sp³-hybridized carbons (Fsp3) is 0.533. The van der Waals surface area contributed by atoms with E-state index in [-0.39, 0.29) is 5.91 Å². The van der Waals surface area contributed by atoms with Crippen LogP contribution in [0.3, 0.4) is 0 Å². The fourth-order valence-electron chi connectivity index (χ4n) is 2.31. The molecule has 6 heteroatoms. The Morgan fingerprint density at radius 2 is 2.10 bits per heavy atom. The third-order valence-corrected chi connectivity index (χ3v) is 5.16. The predicted molar refractivity (Wildman–Crippen MR) is 91.3 cm³/mol. The standard InChI is InChI=1S/C15H20Cl2N2OS/c1-19-6-4-13(5-7-19)18-15(20)10-21-9-11-2-3-12(16)8-14(11)17/h2-3,8,13H,4-7,9-10H2,1H3,(H,18,20). The third kappa shape index (κ3) is 5.70. The molecule has 1 aromatic rings. The molecule has 0 spiro atoms. The maximum atomic E-state index is 11.9. The molecule has 1 aliphatic heterocycles. The first kappa shape index (κ1) is 16.9. The summed E-state index contributed by atoms with van der Waals surface area (Å²) >= 11 is 13.5. The van der Waals surface area contributed by atoms with Gasteiger partial charge in [-0.3, -0.25) is 4.79 Å². The second-order valence-electron chi connectivity index (χ2n) is 5.37. The van der Waals surface area contributed by atoms with Crippen LogP contribution in [0.25, 0.3) is 0 Å². The number of carbonyl (C=O) groups is 1. The van der Waals surface area contributed by atoms with Gasteiger partial charge in [0.25, 0.3) is 0 Å². The summed E-state index contributed by atoms with van der Waals surface area (Å²) < 4.78 is 0. The van der Waals surface area contributed by atoms with Gasteiger partial charge in [0.15, 0.2) is 0 Å². The van der Waals surface area contributed by atoms with E-state index in [4.69, 9.17) is 23.2 Å². The summed E-state index contributed by atoms with van der Waals surface area (Å²) in [5.74, 6) is 1.29. The summed E-state index contributed by atoms with van der Waals surface area (Å²) in [7, 11) is 2.11. The number of piperidine rings is 1. The Hall–Kier alpha value is -0.420. The lowest BCUT2D eigenvalue weighted by atomic mass is 10.1. The Morgan fingerprint density at radius 1 is 1.38 bits per heavy atom. The quantitative estimate of drug-likeness (QED) is 0.886. The van der Waals surface area contributed by atoms with Crippen LogP contribution in [0.2, 0.25) is 10.0 Å². The third-order valence-electron chi connectivity index (χ3n) is 3.59. The molecule has 0 saturated carbocycles. The number of halogens is 2. The summed E-state index contributed by atoms with van der Waals surface area (Å²) in [6, 6.07) is 5.79. The smallest absolute Gasteiger partial charge is 0.230 e. The molecule has 1 aromatic carbocycles. The number of benzene rings is 1. The van der Waals surface area contributed by atoms with Crippen LogP contribution in [0, 0.1) is 0 Å². The molecule has 2 rings (SSSR count). The molecule has 1 saturated heterocycles. The van der Waals surface area contributed by atoms with Crippen molar-refractivity contribution in [2.24, 2.45) is 0 Å². The zero-order valence-corrected chi connectivity index (χ0v) is 14.4. The molecule has 0 aromatic heterocycles. The van der Waals surface area contributed by atoms with Gasteiger partial charge in [-0.05, 0) is 50.7 Å². The SMILES string of the molecule is CN1CCC(NC(=O)CSCc2ccc(Cl)cc2Cl)CC1. The van der Waals surface area contributed by atoms with Gasteiger partial charge in [-0.15, -0.1) is 11.8 Å². The van der Waals surface area contributed by atoms with Crippen LogP contribution in [-0.4, -0.2) is 42.7 Å². The van der Waals surface area contributed by atoms with E-state index in [1.165, 1.54) is 0 Å². The highest BCUT2D eigenvalue weighted by atomic mass is 35.5. The molecule has 21 heavy (non-hydrogen) atoms. The molecule has 0 bridgehead atoms. The van der Waals surface area contributed by atoms with E-state index >= 15 is 0 Å². The Kier molecular flexibility index (Phi) is 6.68. The molecule has 1 amide bonds. The van der Waals surface area contributed by atoms with Crippen molar-refractivity contribution in [1.82, 2.24) is 10.2 Å². The van der Waals surface area contributed by atoms with Gasteiger partial charge in [0, 0.05) is 21.8 Å². The molecule has 0 unspecified atom stereocenters. The van der Waals surface area contributed by atoms with Crippen molar-refractivity contribution in [3.63, 3.8) is 0 Å². The maximum absolute atomic E-state index is 11.9. The van der Waals surface area contributed by atoms with E-state index in [9.17, 15) is 4.79 Å². The lowest BCUT2D eigenvalue weighted by Crippen LogP contribution is -2.43. The lowest BCUT2D eigenvalue weighted by molar-refractivity contribution is -0.119. The van der Waals surface area contributed by atoms with Crippen molar-refractivity contribution in [3.05, 3.63) is 33.8 Å². The number of hydrogen-bond acceptors (Lipinski definition) is 3. The minimum atomic E-state index is 0.111. The highest BCUT2D eigenvalue weighted by Crippen LogP contribution is 2.24. The Labute approximate surface area is 140 Å². The van der Waals surface area contributed by atoms with Gasteiger partial charge in [-0.1, -0.05) is 29.3 Å². The fourth-order valence-corrected chi connectivity index (χ4v) is 3.71. The van der Waals surface area contributed by atoms with Crippen LogP contribution < -0.4 is 5.32 Å².